The predicted octanol–water partition coefficient (Wildman–Crippen LogP) is 2.29. The van der Waals surface area contributed by atoms with Crippen molar-refractivity contribution < 1.29 is 0 Å². The molecule has 0 aliphatic heterocycles. The average molecular weight is 211 g/mol. The summed E-state index contributed by atoms with van der Waals surface area (Å²) in [5.41, 5.74) is 0.750. The Bertz CT molecular complexity index is 451. The molecule has 0 aromatic carbocycles. The number of fused-ring (bicyclic) bond motifs is 1. The van der Waals surface area contributed by atoms with Crippen LogP contribution in [-0.2, 0) is 0 Å². The Balaban J connectivity index is 2.58. The monoisotopic (exact) mass is 210 g/mol. The van der Waals surface area contributed by atoms with Crippen LogP contribution in [0.15, 0.2) is 12.4 Å². The number of rotatable bonds is 2. The lowest BCUT2D eigenvalue weighted by molar-refractivity contribution is 0.667. The van der Waals surface area contributed by atoms with E-state index < -0.39 is 0 Å². The summed E-state index contributed by atoms with van der Waals surface area (Å²) in [6.07, 6.45) is 2.70. The van der Waals surface area contributed by atoms with Crippen LogP contribution in [0.2, 0.25) is 5.15 Å². The molecule has 2 aromatic rings. The Hall–Kier alpha value is -1.16. The zero-order chi connectivity index (χ0) is 10.1. The summed E-state index contributed by atoms with van der Waals surface area (Å²) in [4.78, 5) is 4.01. The topological polar surface area (TPSA) is 43.1 Å². The van der Waals surface area contributed by atoms with Crippen molar-refractivity contribution in [3.05, 3.63) is 23.4 Å². The molecule has 0 saturated carbocycles. The van der Waals surface area contributed by atoms with E-state index in [-0.39, 0.29) is 0 Å². The summed E-state index contributed by atoms with van der Waals surface area (Å²) in [6.45, 7) is 4.24. The van der Waals surface area contributed by atoms with E-state index in [4.69, 9.17) is 11.6 Å². The average Bonchev–Trinajstić information content (AvgIpc) is 2.59. The van der Waals surface area contributed by atoms with Crippen LogP contribution in [0.4, 0.5) is 0 Å². The van der Waals surface area contributed by atoms with Gasteiger partial charge in [0, 0.05) is 12.0 Å². The highest BCUT2D eigenvalue weighted by molar-refractivity contribution is 6.29. The Kier molecular flexibility index (Phi) is 2.37. The molecular formula is C9H11ClN4. The molecule has 2 aromatic heterocycles. The maximum Gasteiger partial charge on any atom is 0.165 e. The molecule has 2 rings (SSSR count). The molecule has 5 heteroatoms. The molecule has 0 radical (unpaired) electrons. The molecule has 14 heavy (non-hydrogen) atoms. The summed E-state index contributed by atoms with van der Waals surface area (Å²) in [5, 5.41) is 8.60. The summed E-state index contributed by atoms with van der Waals surface area (Å²) >= 11 is 5.75. The Morgan fingerprint density at radius 1 is 1.50 bits per heavy atom. The summed E-state index contributed by atoms with van der Waals surface area (Å²) in [6, 6.07) is 1.71. The van der Waals surface area contributed by atoms with E-state index in [0.29, 0.717) is 11.1 Å². The normalized spacial score (nSPS) is 13.4. The standard InChI is InChI=1S/C9H11ClN4/c1-3-6(2)9-13-12-8-4-7(10)11-5-14(8)9/h4-6H,3H2,1-2H3. The van der Waals surface area contributed by atoms with E-state index in [2.05, 4.69) is 29.0 Å². The fourth-order valence-electron chi connectivity index (χ4n) is 1.31. The molecule has 0 aliphatic carbocycles. The molecule has 0 spiro atoms. The fourth-order valence-corrected chi connectivity index (χ4v) is 1.45. The molecule has 0 saturated heterocycles. The summed E-state index contributed by atoms with van der Waals surface area (Å²) in [7, 11) is 0. The van der Waals surface area contributed by atoms with Gasteiger partial charge in [0.2, 0.25) is 0 Å². The highest BCUT2D eigenvalue weighted by Crippen LogP contribution is 2.17. The van der Waals surface area contributed by atoms with E-state index in [1.807, 2.05) is 4.40 Å². The first-order valence-corrected chi connectivity index (χ1v) is 4.96. The van der Waals surface area contributed by atoms with Crippen molar-refractivity contribution in [3.63, 3.8) is 0 Å². The molecule has 0 bridgehead atoms. The minimum atomic E-state index is 0.382. The lowest BCUT2D eigenvalue weighted by Gasteiger charge is -2.04. The highest BCUT2D eigenvalue weighted by Gasteiger charge is 2.11. The van der Waals surface area contributed by atoms with Gasteiger partial charge >= 0.3 is 0 Å². The molecule has 0 fully saturated rings. The van der Waals surface area contributed by atoms with E-state index in [1.54, 1.807) is 12.4 Å². The van der Waals surface area contributed by atoms with Crippen molar-refractivity contribution in [2.75, 3.05) is 0 Å². The van der Waals surface area contributed by atoms with Gasteiger partial charge in [-0.3, -0.25) is 4.40 Å². The quantitative estimate of drug-likeness (QED) is 0.715. The lowest BCUT2D eigenvalue weighted by atomic mass is 10.1. The number of nitrogens with zero attached hydrogens (tertiary/aromatic N) is 4. The van der Waals surface area contributed by atoms with Crippen LogP contribution < -0.4 is 0 Å². The third-order valence-corrected chi connectivity index (χ3v) is 2.55. The van der Waals surface area contributed by atoms with Crippen molar-refractivity contribution in [1.82, 2.24) is 19.6 Å². The highest BCUT2D eigenvalue weighted by atomic mass is 35.5. The van der Waals surface area contributed by atoms with Crippen LogP contribution in [-0.4, -0.2) is 19.6 Å². The second-order valence-corrected chi connectivity index (χ2v) is 3.69. The van der Waals surface area contributed by atoms with Gasteiger partial charge in [-0.15, -0.1) is 10.2 Å². The van der Waals surface area contributed by atoms with Crippen LogP contribution in [0.1, 0.15) is 32.0 Å². The van der Waals surface area contributed by atoms with E-state index in [0.717, 1.165) is 17.9 Å². The van der Waals surface area contributed by atoms with Crippen LogP contribution in [0, 0.1) is 0 Å². The second-order valence-electron chi connectivity index (χ2n) is 3.31. The molecular weight excluding hydrogens is 200 g/mol. The van der Waals surface area contributed by atoms with Gasteiger partial charge in [-0.1, -0.05) is 25.4 Å². The van der Waals surface area contributed by atoms with Crippen LogP contribution in [0.25, 0.3) is 5.65 Å². The maximum atomic E-state index is 5.75. The minimum absolute atomic E-state index is 0.382. The van der Waals surface area contributed by atoms with Gasteiger partial charge in [-0.25, -0.2) is 4.98 Å². The van der Waals surface area contributed by atoms with Crippen molar-refractivity contribution in [2.45, 2.75) is 26.2 Å². The summed E-state index contributed by atoms with van der Waals surface area (Å²) < 4.78 is 1.88. The van der Waals surface area contributed by atoms with Gasteiger partial charge in [-0.2, -0.15) is 0 Å². The first-order valence-electron chi connectivity index (χ1n) is 4.58. The molecule has 0 N–H and O–H groups in total. The van der Waals surface area contributed by atoms with Crippen LogP contribution in [0.3, 0.4) is 0 Å². The smallest absolute Gasteiger partial charge is 0.165 e. The first kappa shape index (κ1) is 9.40. The number of hydrogen-bond donors (Lipinski definition) is 0. The van der Waals surface area contributed by atoms with Gasteiger partial charge in [0.25, 0.3) is 0 Å². The van der Waals surface area contributed by atoms with Crippen LogP contribution in [0.5, 0.6) is 0 Å². The Morgan fingerprint density at radius 3 is 3.00 bits per heavy atom. The third-order valence-electron chi connectivity index (χ3n) is 2.35. The van der Waals surface area contributed by atoms with Crippen molar-refractivity contribution >= 4 is 17.2 Å². The maximum absolute atomic E-state index is 5.75. The van der Waals surface area contributed by atoms with Gasteiger partial charge in [0.15, 0.2) is 5.65 Å². The zero-order valence-corrected chi connectivity index (χ0v) is 8.86. The SMILES string of the molecule is CCC(C)c1nnc2cc(Cl)ncn12. The number of halogens is 1. The lowest BCUT2D eigenvalue weighted by Crippen LogP contribution is -1.99. The Labute approximate surface area is 86.9 Å². The number of aromatic nitrogens is 4. The minimum Gasteiger partial charge on any atom is -0.269 e. The van der Waals surface area contributed by atoms with Crippen molar-refractivity contribution in [1.29, 1.82) is 0 Å². The fraction of sp³-hybridized carbons (Fsp3) is 0.444. The van der Waals surface area contributed by atoms with Gasteiger partial charge in [0.05, 0.1) is 0 Å². The van der Waals surface area contributed by atoms with Crippen molar-refractivity contribution in [3.8, 4) is 0 Å². The number of hydrogen-bond acceptors (Lipinski definition) is 3. The molecule has 0 aliphatic rings. The third kappa shape index (κ3) is 1.46. The Morgan fingerprint density at radius 2 is 2.29 bits per heavy atom. The van der Waals surface area contributed by atoms with Crippen molar-refractivity contribution in [2.24, 2.45) is 0 Å². The molecule has 1 atom stereocenters. The molecule has 2 heterocycles. The van der Waals surface area contributed by atoms with E-state index >= 15 is 0 Å². The first-order chi connectivity index (χ1) is 6.72. The van der Waals surface area contributed by atoms with Crippen LogP contribution >= 0.6 is 11.6 Å². The zero-order valence-electron chi connectivity index (χ0n) is 8.11. The molecule has 1 unspecified atom stereocenters. The van der Waals surface area contributed by atoms with Gasteiger partial charge < -0.3 is 0 Å². The molecule has 0 amide bonds. The molecule has 4 nitrogen and oxygen atoms in total. The van der Waals surface area contributed by atoms with Gasteiger partial charge in [-0.05, 0) is 6.42 Å². The molecule has 74 valence electrons. The second kappa shape index (κ2) is 3.53. The largest absolute Gasteiger partial charge is 0.269 e. The van der Waals surface area contributed by atoms with Gasteiger partial charge in [0.1, 0.15) is 17.3 Å². The van der Waals surface area contributed by atoms with E-state index in [9.17, 15) is 0 Å². The van der Waals surface area contributed by atoms with E-state index in [1.165, 1.54) is 0 Å². The predicted molar refractivity (Wildman–Crippen MR) is 54.5 cm³/mol. The summed E-state index contributed by atoms with van der Waals surface area (Å²) in [5.74, 6) is 1.32.